The highest BCUT2D eigenvalue weighted by molar-refractivity contribution is 5.92. The predicted molar refractivity (Wildman–Crippen MR) is 115 cm³/mol. The topological polar surface area (TPSA) is 72.7 Å². The van der Waals surface area contributed by atoms with Crippen molar-refractivity contribution in [2.24, 2.45) is 0 Å². The molecule has 0 saturated heterocycles. The minimum Gasteiger partial charge on any atom is -0.352 e. The molecule has 0 bridgehead atoms. The molecule has 0 aliphatic heterocycles. The second-order valence-corrected chi connectivity index (χ2v) is 7.03. The van der Waals surface area contributed by atoms with Gasteiger partial charge in [-0.05, 0) is 37.5 Å². The highest BCUT2D eigenvalue weighted by Crippen LogP contribution is 2.35. The third-order valence-corrected chi connectivity index (χ3v) is 5.09. The molecule has 0 fully saturated rings. The molecule has 2 aromatic carbocycles. The number of aryl methyl sites for hydroxylation is 3. The lowest BCUT2D eigenvalue weighted by atomic mass is 9.94. The number of hydrogen-bond acceptors (Lipinski definition) is 4. The van der Waals surface area contributed by atoms with Crippen LogP contribution in [0.3, 0.4) is 0 Å². The molecule has 146 valence electrons. The number of hydrogen-bond donors (Lipinski definition) is 1. The Morgan fingerprint density at radius 2 is 1.79 bits per heavy atom. The molecule has 0 radical (unpaired) electrons. The number of rotatable bonds is 4. The van der Waals surface area contributed by atoms with E-state index in [-0.39, 0.29) is 11.7 Å². The van der Waals surface area contributed by atoms with Crippen LogP contribution in [0.2, 0.25) is 0 Å². The first-order valence-electron chi connectivity index (χ1n) is 9.65. The lowest BCUT2D eigenvalue weighted by Crippen LogP contribution is -2.20. The first kappa shape index (κ1) is 18.8. The number of carbonyl (C=O) groups excluding carboxylic acids is 1. The Morgan fingerprint density at radius 3 is 2.48 bits per heavy atom. The number of carbonyl (C=O) groups is 1. The Bertz CT molecular complexity index is 1230. The summed E-state index contributed by atoms with van der Waals surface area (Å²) >= 11 is 0. The number of nitrogens with one attached hydrogen (secondary N) is 1. The normalized spacial score (nSPS) is 11.0. The Morgan fingerprint density at radius 1 is 1.03 bits per heavy atom. The summed E-state index contributed by atoms with van der Waals surface area (Å²) in [7, 11) is 1.56. The summed E-state index contributed by atoms with van der Waals surface area (Å²) in [5.74, 6) is 0.617. The molecule has 2 heterocycles. The van der Waals surface area contributed by atoms with Gasteiger partial charge in [0.25, 0.3) is 5.91 Å². The zero-order valence-corrected chi connectivity index (χ0v) is 17.0. The van der Waals surface area contributed by atoms with E-state index in [9.17, 15) is 4.79 Å². The van der Waals surface area contributed by atoms with Crippen molar-refractivity contribution in [2.45, 2.75) is 27.3 Å². The van der Waals surface area contributed by atoms with E-state index in [2.05, 4.69) is 71.0 Å². The van der Waals surface area contributed by atoms with Crippen molar-refractivity contribution in [1.29, 1.82) is 0 Å². The van der Waals surface area contributed by atoms with E-state index in [4.69, 9.17) is 4.98 Å². The van der Waals surface area contributed by atoms with Crippen molar-refractivity contribution in [2.75, 3.05) is 7.05 Å². The Hall–Kier alpha value is -3.54. The molecule has 29 heavy (non-hydrogen) atoms. The molecule has 4 rings (SSSR count). The Kier molecular flexibility index (Phi) is 4.84. The molecule has 0 aliphatic rings. The van der Waals surface area contributed by atoms with Crippen LogP contribution in [0.25, 0.3) is 33.7 Å². The first-order chi connectivity index (χ1) is 14.0. The van der Waals surface area contributed by atoms with Crippen LogP contribution >= 0.6 is 0 Å². The van der Waals surface area contributed by atoms with Gasteiger partial charge in [-0.3, -0.25) is 4.79 Å². The summed E-state index contributed by atoms with van der Waals surface area (Å²) in [6.07, 6.45) is 1.67. The van der Waals surface area contributed by atoms with Crippen LogP contribution in [-0.4, -0.2) is 32.5 Å². The molecular formula is C23H23N5O. The van der Waals surface area contributed by atoms with Gasteiger partial charge in [0, 0.05) is 19.2 Å². The maximum absolute atomic E-state index is 11.9. The molecule has 6 nitrogen and oxygen atoms in total. The van der Waals surface area contributed by atoms with E-state index in [1.54, 1.807) is 13.2 Å². The van der Waals surface area contributed by atoms with Crippen LogP contribution < -0.4 is 5.32 Å². The van der Waals surface area contributed by atoms with Gasteiger partial charge in [0.1, 0.15) is 11.3 Å². The van der Waals surface area contributed by atoms with E-state index in [0.29, 0.717) is 5.65 Å². The Labute approximate surface area is 169 Å². The van der Waals surface area contributed by atoms with Crippen molar-refractivity contribution >= 4 is 17.1 Å². The molecule has 0 atom stereocenters. The van der Waals surface area contributed by atoms with Crippen molar-refractivity contribution in [1.82, 2.24) is 24.8 Å². The monoisotopic (exact) mass is 385 g/mol. The number of nitrogens with zero attached hydrogens (tertiary/aromatic N) is 4. The van der Waals surface area contributed by atoms with Gasteiger partial charge in [0.05, 0.1) is 6.20 Å². The minimum absolute atomic E-state index is 0.120. The average molecular weight is 385 g/mol. The molecule has 6 heteroatoms. The van der Waals surface area contributed by atoms with Crippen LogP contribution in [0.1, 0.15) is 28.7 Å². The van der Waals surface area contributed by atoms with Crippen molar-refractivity contribution < 1.29 is 4.79 Å². The quantitative estimate of drug-likeness (QED) is 0.573. The van der Waals surface area contributed by atoms with E-state index in [0.717, 1.165) is 29.0 Å². The molecular weight excluding hydrogens is 362 g/mol. The molecule has 1 amide bonds. The van der Waals surface area contributed by atoms with Crippen molar-refractivity contribution in [3.05, 3.63) is 65.6 Å². The van der Waals surface area contributed by atoms with Crippen molar-refractivity contribution in [3.63, 3.8) is 0 Å². The zero-order chi connectivity index (χ0) is 20.5. The number of amides is 1. The molecule has 0 saturated carbocycles. The third-order valence-electron chi connectivity index (χ3n) is 5.09. The summed E-state index contributed by atoms with van der Waals surface area (Å²) in [5.41, 5.74) is 7.12. The summed E-state index contributed by atoms with van der Waals surface area (Å²) in [5, 5.41) is 2.56. The molecule has 0 spiro atoms. The lowest BCUT2D eigenvalue weighted by Gasteiger charge is -2.13. The fourth-order valence-corrected chi connectivity index (χ4v) is 3.69. The Balaban J connectivity index is 1.94. The van der Waals surface area contributed by atoms with Crippen LogP contribution in [-0.2, 0) is 6.54 Å². The number of aromatic nitrogens is 4. The molecule has 2 aromatic heterocycles. The molecule has 4 aromatic rings. The lowest BCUT2D eigenvalue weighted by molar-refractivity contribution is 0.0953. The van der Waals surface area contributed by atoms with Crippen LogP contribution in [0, 0.1) is 13.8 Å². The standard InChI is InChI=1S/C23H23N5O/c1-5-28-19-13-25-21(23(29)24-4)26-20(19)27-22(28)18-9-7-6-8-17(18)16-11-10-14(2)12-15(16)3/h6-13H,5H2,1-4H3,(H,24,29). The van der Waals surface area contributed by atoms with Crippen LogP contribution in [0.5, 0.6) is 0 Å². The summed E-state index contributed by atoms with van der Waals surface area (Å²) in [6.45, 7) is 7.01. The SMILES string of the molecule is CCn1c(-c2ccccc2-c2ccc(C)cc2C)nc2nc(C(=O)NC)ncc21. The molecule has 0 unspecified atom stereocenters. The van der Waals surface area contributed by atoms with E-state index < -0.39 is 0 Å². The number of fused-ring (bicyclic) bond motifs is 1. The summed E-state index contributed by atoms with van der Waals surface area (Å²) in [4.78, 5) is 25.3. The van der Waals surface area contributed by atoms with Crippen LogP contribution in [0.4, 0.5) is 0 Å². The fourth-order valence-electron chi connectivity index (χ4n) is 3.69. The third kappa shape index (κ3) is 3.27. The fraction of sp³-hybridized carbons (Fsp3) is 0.217. The number of benzene rings is 2. The average Bonchev–Trinajstić information content (AvgIpc) is 3.10. The van der Waals surface area contributed by atoms with Gasteiger partial charge in [-0.2, -0.15) is 0 Å². The van der Waals surface area contributed by atoms with E-state index in [1.165, 1.54) is 16.7 Å². The highest BCUT2D eigenvalue weighted by Gasteiger charge is 2.19. The minimum atomic E-state index is -0.324. The maximum atomic E-state index is 11.9. The smallest absolute Gasteiger partial charge is 0.288 e. The molecule has 1 N–H and O–H groups in total. The van der Waals surface area contributed by atoms with Gasteiger partial charge in [0.15, 0.2) is 5.65 Å². The second-order valence-electron chi connectivity index (χ2n) is 7.03. The summed E-state index contributed by atoms with van der Waals surface area (Å²) < 4.78 is 2.09. The van der Waals surface area contributed by atoms with Gasteiger partial charge >= 0.3 is 0 Å². The largest absolute Gasteiger partial charge is 0.352 e. The highest BCUT2D eigenvalue weighted by atomic mass is 16.2. The zero-order valence-electron chi connectivity index (χ0n) is 17.0. The van der Waals surface area contributed by atoms with Gasteiger partial charge in [-0.25, -0.2) is 15.0 Å². The van der Waals surface area contributed by atoms with Gasteiger partial charge in [-0.1, -0.05) is 48.0 Å². The van der Waals surface area contributed by atoms with E-state index in [1.807, 2.05) is 12.1 Å². The maximum Gasteiger partial charge on any atom is 0.288 e. The number of imidazole rings is 1. The van der Waals surface area contributed by atoms with Gasteiger partial charge in [0.2, 0.25) is 5.82 Å². The van der Waals surface area contributed by atoms with Crippen molar-refractivity contribution in [3.8, 4) is 22.5 Å². The second kappa shape index (κ2) is 7.47. The van der Waals surface area contributed by atoms with Gasteiger partial charge in [-0.15, -0.1) is 0 Å². The first-order valence-corrected chi connectivity index (χ1v) is 9.65. The predicted octanol–water partition coefficient (Wildman–Crippen LogP) is 4.16. The van der Waals surface area contributed by atoms with Gasteiger partial charge < -0.3 is 9.88 Å². The summed E-state index contributed by atoms with van der Waals surface area (Å²) in [6, 6.07) is 14.7. The molecule has 0 aliphatic carbocycles. The van der Waals surface area contributed by atoms with E-state index >= 15 is 0 Å². The van der Waals surface area contributed by atoms with Crippen LogP contribution in [0.15, 0.2) is 48.7 Å².